The van der Waals surface area contributed by atoms with E-state index in [1.165, 1.54) is 5.56 Å². The minimum Gasteiger partial charge on any atom is -0.356 e. The molecule has 0 aromatic carbocycles. The lowest BCUT2D eigenvalue weighted by Crippen LogP contribution is -2.46. The van der Waals surface area contributed by atoms with Crippen LogP contribution in [-0.4, -0.2) is 65.0 Å². The molecule has 0 atom stereocenters. The zero-order chi connectivity index (χ0) is 19.6. The van der Waals surface area contributed by atoms with E-state index in [2.05, 4.69) is 30.8 Å². The van der Waals surface area contributed by atoms with Crippen LogP contribution < -0.4 is 9.80 Å². The Bertz CT molecular complexity index is 797. The number of aryl methyl sites for hydroxylation is 1. The van der Waals surface area contributed by atoms with Crippen LogP contribution in [0.2, 0.25) is 0 Å². The van der Waals surface area contributed by atoms with Gasteiger partial charge in [0, 0.05) is 76.6 Å². The molecule has 0 unspecified atom stereocenters. The Morgan fingerprint density at radius 2 is 1.57 bits per heavy atom. The molecule has 150 valence electrons. The molecule has 6 nitrogen and oxygen atoms in total. The minimum atomic E-state index is -2.55. The summed E-state index contributed by atoms with van der Waals surface area (Å²) in [6, 6.07) is 6.05. The molecule has 2 fully saturated rings. The van der Waals surface area contributed by atoms with Crippen LogP contribution in [0.3, 0.4) is 0 Å². The van der Waals surface area contributed by atoms with Gasteiger partial charge in [0.2, 0.25) is 0 Å². The zero-order valence-corrected chi connectivity index (χ0v) is 16.2. The highest BCUT2D eigenvalue weighted by atomic mass is 19.3. The minimum absolute atomic E-state index is 0.112. The number of rotatable bonds is 4. The lowest BCUT2D eigenvalue weighted by atomic mass is 10.1. The van der Waals surface area contributed by atoms with E-state index in [1.807, 2.05) is 30.2 Å². The first kappa shape index (κ1) is 19.0. The largest absolute Gasteiger partial charge is 0.356 e. The quantitative estimate of drug-likeness (QED) is 0.803. The van der Waals surface area contributed by atoms with Gasteiger partial charge in [0.15, 0.2) is 0 Å². The van der Waals surface area contributed by atoms with Gasteiger partial charge in [-0.15, -0.1) is 0 Å². The van der Waals surface area contributed by atoms with Crippen LogP contribution in [0.4, 0.5) is 20.4 Å². The molecule has 0 bridgehead atoms. The Labute approximate surface area is 164 Å². The second-order valence-electron chi connectivity index (χ2n) is 7.59. The molecule has 2 aromatic heterocycles. The first-order chi connectivity index (χ1) is 13.5. The molecule has 2 aliphatic heterocycles. The molecule has 0 spiro atoms. The average Bonchev–Trinajstić information content (AvgIpc) is 2.70. The molecule has 0 aliphatic carbocycles. The van der Waals surface area contributed by atoms with Crippen LogP contribution in [0.5, 0.6) is 0 Å². The van der Waals surface area contributed by atoms with E-state index < -0.39 is 5.92 Å². The van der Waals surface area contributed by atoms with E-state index in [4.69, 9.17) is 0 Å². The van der Waals surface area contributed by atoms with Gasteiger partial charge in [-0.25, -0.2) is 18.7 Å². The smallest absolute Gasteiger partial charge is 0.251 e. The van der Waals surface area contributed by atoms with E-state index in [1.54, 1.807) is 6.33 Å². The van der Waals surface area contributed by atoms with Gasteiger partial charge in [0.1, 0.15) is 18.0 Å². The number of piperazine rings is 1. The van der Waals surface area contributed by atoms with Crippen molar-refractivity contribution in [3.05, 3.63) is 42.0 Å². The van der Waals surface area contributed by atoms with Crippen LogP contribution >= 0.6 is 0 Å². The summed E-state index contributed by atoms with van der Waals surface area (Å²) in [5.41, 5.74) is 2.35. The molecule has 0 amide bonds. The van der Waals surface area contributed by atoms with Crippen molar-refractivity contribution in [2.24, 2.45) is 0 Å². The summed E-state index contributed by atoms with van der Waals surface area (Å²) in [5.74, 6) is -0.927. The van der Waals surface area contributed by atoms with Crippen LogP contribution in [-0.2, 0) is 6.54 Å². The SMILES string of the molecule is Cc1ncccc1CN1CCN(c2cc(N3CCC(F)(F)CC3)ncn2)CC1. The molecule has 4 heterocycles. The number of halogens is 2. The number of alkyl halides is 2. The predicted octanol–water partition coefficient (Wildman–Crippen LogP) is 2.74. The van der Waals surface area contributed by atoms with Gasteiger partial charge >= 0.3 is 0 Å². The summed E-state index contributed by atoms with van der Waals surface area (Å²) >= 11 is 0. The van der Waals surface area contributed by atoms with Crippen LogP contribution in [0.25, 0.3) is 0 Å². The molecule has 4 rings (SSSR count). The highest BCUT2D eigenvalue weighted by molar-refractivity contribution is 5.50. The van der Waals surface area contributed by atoms with Crippen molar-refractivity contribution in [1.29, 1.82) is 0 Å². The Kier molecular flexibility index (Phi) is 5.39. The first-order valence-corrected chi connectivity index (χ1v) is 9.83. The monoisotopic (exact) mass is 388 g/mol. The van der Waals surface area contributed by atoms with E-state index in [0.29, 0.717) is 13.1 Å². The van der Waals surface area contributed by atoms with Gasteiger partial charge in [-0.05, 0) is 18.6 Å². The maximum absolute atomic E-state index is 13.4. The maximum atomic E-state index is 13.4. The third-order valence-electron chi connectivity index (χ3n) is 5.66. The topological polar surface area (TPSA) is 48.4 Å². The van der Waals surface area contributed by atoms with Crippen molar-refractivity contribution in [3.8, 4) is 0 Å². The van der Waals surface area contributed by atoms with Crippen LogP contribution in [0.15, 0.2) is 30.7 Å². The third-order valence-corrected chi connectivity index (χ3v) is 5.66. The summed E-state index contributed by atoms with van der Waals surface area (Å²) in [6.07, 6.45) is 3.15. The van der Waals surface area contributed by atoms with E-state index in [-0.39, 0.29) is 12.8 Å². The lowest BCUT2D eigenvalue weighted by Gasteiger charge is -2.36. The van der Waals surface area contributed by atoms with Crippen LogP contribution in [0, 0.1) is 6.92 Å². The van der Waals surface area contributed by atoms with Gasteiger partial charge in [-0.3, -0.25) is 9.88 Å². The van der Waals surface area contributed by atoms with Crippen LogP contribution in [0.1, 0.15) is 24.1 Å². The number of pyridine rings is 1. The molecule has 0 N–H and O–H groups in total. The van der Waals surface area contributed by atoms with Crippen molar-refractivity contribution < 1.29 is 8.78 Å². The fraction of sp³-hybridized carbons (Fsp3) is 0.550. The number of nitrogens with zero attached hydrogens (tertiary/aromatic N) is 6. The molecule has 0 radical (unpaired) electrons. The fourth-order valence-corrected chi connectivity index (χ4v) is 3.81. The van der Waals surface area contributed by atoms with Gasteiger partial charge < -0.3 is 9.80 Å². The van der Waals surface area contributed by atoms with Crippen molar-refractivity contribution >= 4 is 11.6 Å². The Morgan fingerprint density at radius 1 is 0.929 bits per heavy atom. The number of aromatic nitrogens is 3. The molecular weight excluding hydrogens is 362 g/mol. The summed E-state index contributed by atoms with van der Waals surface area (Å²) < 4.78 is 26.8. The summed E-state index contributed by atoms with van der Waals surface area (Å²) in [6.45, 7) is 7.28. The average molecular weight is 388 g/mol. The van der Waals surface area contributed by atoms with Gasteiger partial charge in [-0.1, -0.05) is 6.07 Å². The lowest BCUT2D eigenvalue weighted by molar-refractivity contribution is -0.0221. The van der Waals surface area contributed by atoms with Crippen molar-refractivity contribution in [1.82, 2.24) is 19.9 Å². The molecule has 2 aromatic rings. The Morgan fingerprint density at radius 3 is 2.21 bits per heavy atom. The second kappa shape index (κ2) is 7.95. The second-order valence-corrected chi connectivity index (χ2v) is 7.59. The summed E-state index contributed by atoms with van der Waals surface area (Å²) in [4.78, 5) is 19.7. The number of hydrogen-bond acceptors (Lipinski definition) is 6. The van der Waals surface area contributed by atoms with Crippen molar-refractivity contribution in [2.45, 2.75) is 32.2 Å². The van der Waals surface area contributed by atoms with E-state index >= 15 is 0 Å². The molecule has 8 heteroatoms. The zero-order valence-electron chi connectivity index (χ0n) is 16.2. The number of anilines is 2. The molecule has 0 saturated carbocycles. The third kappa shape index (κ3) is 4.38. The first-order valence-electron chi connectivity index (χ1n) is 9.83. The molecule has 28 heavy (non-hydrogen) atoms. The van der Waals surface area contributed by atoms with E-state index in [0.717, 1.165) is 50.1 Å². The molecular formula is C20H26F2N6. The summed E-state index contributed by atoms with van der Waals surface area (Å²) in [5, 5.41) is 0. The molecule has 2 aliphatic rings. The number of hydrogen-bond donors (Lipinski definition) is 0. The maximum Gasteiger partial charge on any atom is 0.251 e. The number of piperidine rings is 1. The van der Waals surface area contributed by atoms with Gasteiger partial charge in [-0.2, -0.15) is 0 Å². The summed E-state index contributed by atoms with van der Waals surface area (Å²) in [7, 11) is 0. The highest BCUT2D eigenvalue weighted by Gasteiger charge is 2.34. The van der Waals surface area contributed by atoms with Crippen molar-refractivity contribution in [2.75, 3.05) is 49.1 Å². The Balaban J connectivity index is 1.35. The fourth-order valence-electron chi connectivity index (χ4n) is 3.81. The molecule has 2 saturated heterocycles. The highest BCUT2D eigenvalue weighted by Crippen LogP contribution is 2.30. The van der Waals surface area contributed by atoms with Gasteiger partial charge in [0.25, 0.3) is 5.92 Å². The van der Waals surface area contributed by atoms with E-state index in [9.17, 15) is 8.78 Å². The predicted molar refractivity (Wildman–Crippen MR) is 105 cm³/mol. The standard InChI is InChI=1S/C20H26F2N6/c1-16-17(3-2-6-23-16)14-26-9-11-28(12-10-26)19-13-18(24-15-25-19)27-7-4-20(21,22)5-8-27/h2-3,6,13,15H,4-5,7-12,14H2,1H3. The van der Waals surface area contributed by atoms with Gasteiger partial charge in [0.05, 0.1) is 0 Å². The Hall–Kier alpha value is -2.35. The van der Waals surface area contributed by atoms with Crippen molar-refractivity contribution in [3.63, 3.8) is 0 Å². The normalized spacial score (nSPS) is 20.4.